The molecule has 0 saturated heterocycles. The van der Waals surface area contributed by atoms with E-state index >= 15 is 0 Å². The summed E-state index contributed by atoms with van der Waals surface area (Å²) in [5, 5.41) is 0. The van der Waals surface area contributed by atoms with E-state index in [1.165, 1.54) is 12.1 Å². The van der Waals surface area contributed by atoms with Gasteiger partial charge in [-0.25, -0.2) is 0 Å². The summed E-state index contributed by atoms with van der Waals surface area (Å²) >= 11 is 0. The zero-order chi connectivity index (χ0) is 16.7. The number of hydrogen-bond donors (Lipinski definition) is 0. The molecule has 0 aliphatic heterocycles. The van der Waals surface area contributed by atoms with E-state index in [4.69, 9.17) is 0 Å². The molecule has 0 aliphatic rings. The number of aromatic nitrogens is 1. The van der Waals surface area contributed by atoms with Crippen molar-refractivity contribution in [2.24, 2.45) is 0 Å². The van der Waals surface area contributed by atoms with Gasteiger partial charge in [0.05, 0.1) is 5.56 Å². The molecule has 2 nitrogen and oxygen atoms in total. The maximum Gasteiger partial charge on any atom is 0.416 e. The molecular weight excluding hydrogens is 291 g/mol. The van der Waals surface area contributed by atoms with E-state index in [1.807, 2.05) is 25.3 Å². The fraction of sp³-hybridized carbons (Fsp3) is 0.353. The van der Waals surface area contributed by atoms with Crippen molar-refractivity contribution in [3.63, 3.8) is 0 Å². The lowest BCUT2D eigenvalue weighted by Crippen LogP contribution is -2.17. The molecule has 1 heterocycles. The summed E-state index contributed by atoms with van der Waals surface area (Å²) in [5.41, 5.74) is 1.84. The van der Waals surface area contributed by atoms with Gasteiger partial charge in [0, 0.05) is 28.1 Å². The largest absolute Gasteiger partial charge is 0.416 e. The van der Waals surface area contributed by atoms with Gasteiger partial charge in [0.15, 0.2) is 6.29 Å². The number of carbonyl (C=O) groups excluding carboxylic acids is 1. The van der Waals surface area contributed by atoms with Gasteiger partial charge in [-0.3, -0.25) is 4.79 Å². The summed E-state index contributed by atoms with van der Waals surface area (Å²) in [4.78, 5) is 11.2. The van der Waals surface area contributed by atoms with E-state index in [0.717, 1.165) is 29.8 Å². The Morgan fingerprint density at radius 2 is 1.59 bits per heavy atom. The number of carbonyl (C=O) groups is 1. The Morgan fingerprint density at radius 1 is 1.05 bits per heavy atom. The lowest BCUT2D eigenvalue weighted by atomic mass is 9.91. The van der Waals surface area contributed by atoms with E-state index < -0.39 is 11.7 Å². The standard InChI is InChI=1S/C17H18F3NO/c1-11-12(10-22)9-15(16(2,3)4)21(11)14-7-5-13(6-8-14)17(18,19)20/h5-10H,1-4H3. The molecule has 0 radical (unpaired) electrons. The van der Waals surface area contributed by atoms with Crippen LogP contribution in [0.2, 0.25) is 0 Å². The predicted molar refractivity (Wildman–Crippen MR) is 79.6 cm³/mol. The molecule has 0 bridgehead atoms. The Balaban J connectivity index is 2.62. The van der Waals surface area contributed by atoms with Crippen LogP contribution in [0.1, 0.15) is 48.1 Å². The second-order valence-corrected chi connectivity index (χ2v) is 6.32. The van der Waals surface area contributed by atoms with Crippen molar-refractivity contribution >= 4 is 6.29 Å². The van der Waals surface area contributed by atoms with Gasteiger partial charge in [0.2, 0.25) is 0 Å². The molecule has 0 unspecified atom stereocenters. The molecular formula is C17H18F3NO. The zero-order valence-corrected chi connectivity index (χ0v) is 13.0. The lowest BCUT2D eigenvalue weighted by molar-refractivity contribution is -0.137. The summed E-state index contributed by atoms with van der Waals surface area (Å²) in [6.45, 7) is 7.78. The average molecular weight is 309 g/mol. The topological polar surface area (TPSA) is 22.0 Å². The minimum atomic E-state index is -4.36. The van der Waals surface area contributed by atoms with Gasteiger partial charge in [0.25, 0.3) is 0 Å². The number of halogens is 3. The molecule has 0 aliphatic carbocycles. The molecule has 118 valence electrons. The third kappa shape index (κ3) is 2.93. The molecule has 22 heavy (non-hydrogen) atoms. The van der Waals surface area contributed by atoms with Gasteiger partial charge in [-0.2, -0.15) is 13.2 Å². The highest BCUT2D eigenvalue weighted by Crippen LogP contribution is 2.33. The minimum absolute atomic E-state index is 0.241. The van der Waals surface area contributed by atoms with Gasteiger partial charge in [0.1, 0.15) is 0 Å². The Kier molecular flexibility index (Phi) is 3.94. The first-order valence-electron chi connectivity index (χ1n) is 6.91. The smallest absolute Gasteiger partial charge is 0.317 e. The van der Waals surface area contributed by atoms with E-state index in [1.54, 1.807) is 13.0 Å². The normalized spacial score (nSPS) is 12.5. The van der Waals surface area contributed by atoms with E-state index in [-0.39, 0.29) is 5.41 Å². The molecule has 0 saturated carbocycles. The first kappa shape index (κ1) is 16.3. The molecule has 0 N–H and O–H groups in total. The molecule has 1 aromatic heterocycles. The Bertz CT molecular complexity index is 688. The molecule has 5 heteroatoms. The van der Waals surface area contributed by atoms with Crippen molar-refractivity contribution in [2.45, 2.75) is 39.3 Å². The van der Waals surface area contributed by atoms with E-state index in [9.17, 15) is 18.0 Å². The zero-order valence-electron chi connectivity index (χ0n) is 13.0. The first-order valence-corrected chi connectivity index (χ1v) is 6.91. The maximum absolute atomic E-state index is 12.7. The maximum atomic E-state index is 12.7. The summed E-state index contributed by atoms with van der Waals surface area (Å²) in [6, 6.07) is 6.77. The van der Waals surface area contributed by atoms with Crippen LogP contribution in [0.5, 0.6) is 0 Å². The number of aldehydes is 1. The molecule has 0 amide bonds. The fourth-order valence-corrected chi connectivity index (χ4v) is 2.43. The number of hydrogen-bond acceptors (Lipinski definition) is 1. The van der Waals surface area contributed by atoms with Crippen LogP contribution in [0.25, 0.3) is 5.69 Å². The van der Waals surface area contributed by atoms with Gasteiger partial charge in [-0.15, -0.1) is 0 Å². The molecule has 2 aromatic rings. The van der Waals surface area contributed by atoms with E-state index in [0.29, 0.717) is 11.3 Å². The van der Waals surface area contributed by atoms with Crippen molar-refractivity contribution < 1.29 is 18.0 Å². The highest BCUT2D eigenvalue weighted by Gasteiger charge is 2.30. The van der Waals surface area contributed by atoms with Gasteiger partial charge < -0.3 is 4.57 Å². The van der Waals surface area contributed by atoms with Crippen LogP contribution < -0.4 is 0 Å². The van der Waals surface area contributed by atoms with Crippen molar-refractivity contribution in [3.05, 3.63) is 52.8 Å². The first-order chi connectivity index (χ1) is 10.1. The SMILES string of the molecule is Cc1c(C=O)cc(C(C)(C)C)n1-c1ccc(C(F)(F)F)cc1. The summed E-state index contributed by atoms with van der Waals surface area (Å²) in [7, 11) is 0. The lowest BCUT2D eigenvalue weighted by Gasteiger charge is -2.23. The fourth-order valence-electron chi connectivity index (χ4n) is 2.43. The minimum Gasteiger partial charge on any atom is -0.317 e. The highest BCUT2D eigenvalue weighted by atomic mass is 19.4. The van der Waals surface area contributed by atoms with Crippen LogP contribution in [0.15, 0.2) is 30.3 Å². The predicted octanol–water partition coefficient (Wildman–Crippen LogP) is 4.91. The number of nitrogens with zero attached hydrogens (tertiary/aromatic N) is 1. The van der Waals surface area contributed by atoms with Crippen LogP contribution in [-0.4, -0.2) is 10.9 Å². The van der Waals surface area contributed by atoms with E-state index in [2.05, 4.69) is 0 Å². The van der Waals surface area contributed by atoms with Crippen molar-refractivity contribution in [3.8, 4) is 5.69 Å². The third-order valence-corrected chi connectivity index (χ3v) is 3.63. The molecule has 2 rings (SSSR count). The average Bonchev–Trinajstić information content (AvgIpc) is 2.75. The summed E-state index contributed by atoms with van der Waals surface area (Å²) < 4.78 is 39.9. The molecule has 0 atom stereocenters. The van der Waals surface area contributed by atoms with Crippen molar-refractivity contribution in [2.75, 3.05) is 0 Å². The number of benzene rings is 1. The number of alkyl halides is 3. The van der Waals surface area contributed by atoms with Crippen LogP contribution in [0.4, 0.5) is 13.2 Å². The van der Waals surface area contributed by atoms with Crippen LogP contribution in [-0.2, 0) is 11.6 Å². The van der Waals surface area contributed by atoms with Crippen LogP contribution in [0, 0.1) is 6.92 Å². The Hall–Kier alpha value is -2.04. The van der Waals surface area contributed by atoms with Crippen LogP contribution >= 0.6 is 0 Å². The summed E-state index contributed by atoms with van der Waals surface area (Å²) in [6.07, 6.45) is -3.59. The van der Waals surface area contributed by atoms with Gasteiger partial charge in [-0.05, 0) is 37.3 Å². The quantitative estimate of drug-likeness (QED) is 0.722. The van der Waals surface area contributed by atoms with Crippen molar-refractivity contribution in [1.82, 2.24) is 4.57 Å². The molecule has 1 aromatic carbocycles. The second-order valence-electron chi connectivity index (χ2n) is 6.32. The second kappa shape index (κ2) is 5.30. The monoisotopic (exact) mass is 309 g/mol. The van der Waals surface area contributed by atoms with Crippen molar-refractivity contribution in [1.29, 1.82) is 0 Å². The van der Waals surface area contributed by atoms with Gasteiger partial charge >= 0.3 is 6.18 Å². The molecule has 0 fully saturated rings. The van der Waals surface area contributed by atoms with Gasteiger partial charge in [-0.1, -0.05) is 20.8 Å². The number of rotatable bonds is 2. The van der Waals surface area contributed by atoms with Crippen LogP contribution in [0.3, 0.4) is 0 Å². The Morgan fingerprint density at radius 3 is 2.00 bits per heavy atom. The summed E-state index contributed by atoms with van der Waals surface area (Å²) in [5.74, 6) is 0. The Labute approximate surface area is 127 Å². The highest BCUT2D eigenvalue weighted by molar-refractivity contribution is 5.78. The molecule has 0 spiro atoms. The third-order valence-electron chi connectivity index (χ3n) is 3.63.